The number of carbonyl (C=O) groups excluding carboxylic acids is 2. The maximum atomic E-state index is 12.7. The number of aromatic nitrogens is 1. The Morgan fingerprint density at radius 2 is 2.00 bits per heavy atom. The number of hydrogen-bond donors (Lipinski definition) is 1. The van der Waals surface area contributed by atoms with Crippen molar-refractivity contribution in [2.24, 2.45) is 5.92 Å². The number of anilines is 1. The summed E-state index contributed by atoms with van der Waals surface area (Å²) in [5.74, 6) is 0.811. The molecule has 0 spiro atoms. The summed E-state index contributed by atoms with van der Waals surface area (Å²) in [5, 5.41) is 3.47. The largest absolute Gasteiger partial charge is 0.493 e. The number of hydrogen-bond acceptors (Lipinski definition) is 6. The van der Waals surface area contributed by atoms with Gasteiger partial charge < -0.3 is 19.7 Å². The summed E-state index contributed by atoms with van der Waals surface area (Å²) < 4.78 is 11.6. The van der Waals surface area contributed by atoms with Crippen LogP contribution < -0.4 is 14.8 Å². The van der Waals surface area contributed by atoms with E-state index in [1.807, 2.05) is 37.3 Å². The summed E-state index contributed by atoms with van der Waals surface area (Å²) in [4.78, 5) is 31.4. The van der Waals surface area contributed by atoms with Gasteiger partial charge in [-0.05, 0) is 48.7 Å². The highest BCUT2D eigenvalue weighted by Gasteiger charge is 2.34. The molecule has 1 fully saturated rings. The molecule has 1 aromatic heterocycles. The van der Waals surface area contributed by atoms with Crippen LogP contribution in [0.15, 0.2) is 36.4 Å². The zero-order chi connectivity index (χ0) is 22.0. The van der Waals surface area contributed by atoms with E-state index in [1.165, 1.54) is 11.3 Å². The van der Waals surface area contributed by atoms with Gasteiger partial charge in [0.15, 0.2) is 16.6 Å². The molecule has 0 aliphatic carbocycles. The van der Waals surface area contributed by atoms with Crippen LogP contribution in [0.3, 0.4) is 0 Å². The van der Waals surface area contributed by atoms with Gasteiger partial charge in [-0.15, -0.1) is 0 Å². The fourth-order valence-corrected chi connectivity index (χ4v) is 4.72. The minimum Gasteiger partial charge on any atom is -0.493 e. The Kier molecular flexibility index (Phi) is 6.08. The highest BCUT2D eigenvalue weighted by molar-refractivity contribution is 7.22. The lowest BCUT2D eigenvalue weighted by molar-refractivity contribution is -0.128. The summed E-state index contributed by atoms with van der Waals surface area (Å²) in [5.41, 5.74) is 3.06. The molecule has 0 saturated carbocycles. The van der Waals surface area contributed by atoms with Gasteiger partial charge in [0.1, 0.15) is 0 Å². The van der Waals surface area contributed by atoms with Crippen LogP contribution >= 0.6 is 11.3 Å². The minimum absolute atomic E-state index is 0.000511. The number of benzene rings is 2. The van der Waals surface area contributed by atoms with Gasteiger partial charge in [-0.3, -0.25) is 9.59 Å². The molecule has 31 heavy (non-hydrogen) atoms. The lowest BCUT2D eigenvalue weighted by atomic mass is 10.1. The van der Waals surface area contributed by atoms with Crippen molar-refractivity contribution in [2.75, 3.05) is 32.6 Å². The van der Waals surface area contributed by atoms with E-state index in [4.69, 9.17) is 9.47 Å². The molecule has 0 unspecified atom stereocenters. The Morgan fingerprint density at radius 1 is 1.19 bits per heavy atom. The number of nitrogens with one attached hydrogen (secondary N) is 1. The van der Waals surface area contributed by atoms with Crippen molar-refractivity contribution >= 4 is 38.5 Å². The number of amides is 2. The zero-order valence-electron chi connectivity index (χ0n) is 17.8. The van der Waals surface area contributed by atoms with Crippen molar-refractivity contribution in [1.82, 2.24) is 9.88 Å². The number of methoxy groups -OCH3 is 2. The molecule has 1 aliphatic heterocycles. The minimum atomic E-state index is -0.369. The Bertz CT molecular complexity index is 1130. The second kappa shape index (κ2) is 8.93. The average Bonchev–Trinajstić information content (AvgIpc) is 3.34. The number of thiazole rings is 1. The molecule has 2 heterocycles. The Balaban J connectivity index is 1.35. The standard InChI is InChI=1S/C23H25N3O4S/c1-14-4-6-17-20(10-14)31-23(24-17)25-22(28)16-12-21(27)26(13-16)9-8-15-5-7-18(29-2)19(11-15)30-3/h4-7,10-11,16H,8-9,12-13H2,1-3H3,(H,24,25,28)/t16-/m1/s1. The smallest absolute Gasteiger partial charge is 0.231 e. The van der Waals surface area contributed by atoms with Crippen molar-refractivity contribution in [3.8, 4) is 11.5 Å². The molecule has 0 bridgehead atoms. The monoisotopic (exact) mass is 439 g/mol. The predicted molar refractivity (Wildman–Crippen MR) is 121 cm³/mol. The third-order valence-electron chi connectivity index (χ3n) is 5.48. The second-order valence-electron chi connectivity index (χ2n) is 7.66. The van der Waals surface area contributed by atoms with Crippen LogP contribution in [0.1, 0.15) is 17.5 Å². The van der Waals surface area contributed by atoms with Crippen LogP contribution in [0, 0.1) is 12.8 Å². The van der Waals surface area contributed by atoms with E-state index in [9.17, 15) is 9.59 Å². The van der Waals surface area contributed by atoms with Crippen molar-refractivity contribution in [3.05, 3.63) is 47.5 Å². The average molecular weight is 440 g/mol. The molecule has 8 heteroatoms. The van der Waals surface area contributed by atoms with Crippen LogP contribution in [0.25, 0.3) is 10.2 Å². The summed E-state index contributed by atoms with van der Waals surface area (Å²) >= 11 is 1.45. The molecule has 162 valence electrons. The molecule has 1 N–H and O–H groups in total. The molecule has 1 atom stereocenters. The van der Waals surface area contributed by atoms with Gasteiger partial charge >= 0.3 is 0 Å². The lowest BCUT2D eigenvalue weighted by Gasteiger charge is -2.17. The van der Waals surface area contributed by atoms with Gasteiger partial charge in [0, 0.05) is 19.5 Å². The molecular formula is C23H25N3O4S. The molecule has 2 aromatic carbocycles. The molecule has 1 aliphatic rings. The molecule has 1 saturated heterocycles. The quantitative estimate of drug-likeness (QED) is 0.608. The van der Waals surface area contributed by atoms with Gasteiger partial charge in [0.05, 0.1) is 30.4 Å². The topological polar surface area (TPSA) is 80.8 Å². The molecular weight excluding hydrogens is 414 g/mol. The summed E-state index contributed by atoms with van der Waals surface area (Å²) in [6, 6.07) is 11.7. The van der Waals surface area contributed by atoms with Crippen molar-refractivity contribution < 1.29 is 19.1 Å². The molecule has 7 nitrogen and oxygen atoms in total. The zero-order valence-corrected chi connectivity index (χ0v) is 18.6. The van der Waals surface area contributed by atoms with E-state index in [2.05, 4.69) is 16.4 Å². The molecule has 3 aromatic rings. The Labute approximate surface area is 185 Å². The van der Waals surface area contributed by atoms with Crippen LogP contribution in [-0.4, -0.2) is 49.0 Å². The first-order chi connectivity index (χ1) is 15.0. The van der Waals surface area contributed by atoms with Gasteiger partial charge in [0.2, 0.25) is 11.8 Å². The Morgan fingerprint density at radius 3 is 2.77 bits per heavy atom. The third-order valence-corrected chi connectivity index (χ3v) is 6.41. The summed E-state index contributed by atoms with van der Waals surface area (Å²) in [6.45, 7) is 3.00. The van der Waals surface area contributed by atoms with Gasteiger partial charge in [-0.2, -0.15) is 0 Å². The van der Waals surface area contributed by atoms with Crippen LogP contribution in [0.5, 0.6) is 11.5 Å². The number of carbonyl (C=O) groups is 2. The predicted octanol–water partition coefficient (Wildman–Crippen LogP) is 3.65. The highest BCUT2D eigenvalue weighted by Crippen LogP contribution is 2.29. The fraction of sp³-hybridized carbons (Fsp3) is 0.348. The number of likely N-dealkylation sites (tertiary alicyclic amines) is 1. The SMILES string of the molecule is COc1ccc(CCN2C[C@H](C(=O)Nc3nc4ccc(C)cc4s3)CC2=O)cc1OC. The number of nitrogens with zero attached hydrogens (tertiary/aromatic N) is 2. The molecule has 4 rings (SSSR count). The van der Waals surface area contributed by atoms with Gasteiger partial charge in [-0.25, -0.2) is 4.98 Å². The summed E-state index contributed by atoms with van der Waals surface area (Å²) in [6.07, 6.45) is 0.902. The third kappa shape index (κ3) is 4.64. The number of rotatable bonds is 7. The number of ether oxygens (including phenoxy) is 2. The van der Waals surface area contributed by atoms with Crippen molar-refractivity contribution in [3.63, 3.8) is 0 Å². The van der Waals surface area contributed by atoms with Crippen LogP contribution in [-0.2, 0) is 16.0 Å². The molecule has 0 radical (unpaired) electrons. The first kappa shape index (κ1) is 21.1. The normalized spacial score (nSPS) is 16.0. The molecule has 2 amide bonds. The van der Waals surface area contributed by atoms with Crippen molar-refractivity contribution in [1.29, 1.82) is 0 Å². The van der Waals surface area contributed by atoms with Gasteiger partial charge in [-0.1, -0.05) is 23.5 Å². The lowest BCUT2D eigenvalue weighted by Crippen LogP contribution is -2.30. The van der Waals surface area contributed by atoms with E-state index >= 15 is 0 Å². The highest BCUT2D eigenvalue weighted by atomic mass is 32.1. The fourth-order valence-electron chi connectivity index (χ4n) is 3.76. The van der Waals surface area contributed by atoms with Crippen LogP contribution in [0.2, 0.25) is 0 Å². The second-order valence-corrected chi connectivity index (χ2v) is 8.69. The van der Waals surface area contributed by atoms with E-state index in [1.54, 1.807) is 19.1 Å². The maximum absolute atomic E-state index is 12.7. The van der Waals surface area contributed by atoms with Gasteiger partial charge in [0.25, 0.3) is 0 Å². The van der Waals surface area contributed by atoms with E-state index in [0.29, 0.717) is 36.1 Å². The summed E-state index contributed by atoms with van der Waals surface area (Å²) in [7, 11) is 3.20. The van der Waals surface area contributed by atoms with E-state index in [-0.39, 0.29) is 24.2 Å². The maximum Gasteiger partial charge on any atom is 0.231 e. The first-order valence-electron chi connectivity index (χ1n) is 10.1. The van der Waals surface area contributed by atoms with Crippen LogP contribution in [0.4, 0.5) is 5.13 Å². The van der Waals surface area contributed by atoms with E-state index < -0.39 is 0 Å². The first-order valence-corrected chi connectivity index (χ1v) is 10.9. The van der Waals surface area contributed by atoms with E-state index in [0.717, 1.165) is 21.3 Å². The van der Waals surface area contributed by atoms with Crippen molar-refractivity contribution in [2.45, 2.75) is 19.8 Å². The Hall–Kier alpha value is -3.13. The number of fused-ring (bicyclic) bond motifs is 1. The number of aryl methyl sites for hydroxylation is 1.